The van der Waals surface area contributed by atoms with Crippen LogP contribution in [0.4, 0.5) is 0 Å². The van der Waals surface area contributed by atoms with Crippen molar-refractivity contribution < 1.29 is 13.2 Å². The number of nitrogens with one attached hydrogen (secondary N) is 3. The minimum atomic E-state index is -3.50. The molecule has 2 rings (SSSR count). The molecule has 29 heavy (non-hydrogen) atoms. The number of sulfonamides is 1. The lowest BCUT2D eigenvalue weighted by Gasteiger charge is -2.27. The zero-order chi connectivity index (χ0) is 21.2. The van der Waals surface area contributed by atoms with Crippen molar-refractivity contribution in [2.45, 2.75) is 50.8 Å². The van der Waals surface area contributed by atoms with Crippen molar-refractivity contribution in [2.24, 2.45) is 10.4 Å². The number of aryl methyl sites for hydroxylation is 1. The third-order valence-electron chi connectivity index (χ3n) is 5.46. The molecule has 0 bridgehead atoms. The minimum Gasteiger partial charge on any atom is -0.385 e. The second kappa shape index (κ2) is 11.5. The Hall–Kier alpha value is -1.64. The molecule has 0 atom stereocenters. The van der Waals surface area contributed by atoms with Gasteiger partial charge >= 0.3 is 0 Å². The van der Waals surface area contributed by atoms with E-state index in [0.29, 0.717) is 6.54 Å². The van der Waals surface area contributed by atoms with Gasteiger partial charge in [0.15, 0.2) is 5.96 Å². The molecule has 8 heteroatoms. The first kappa shape index (κ1) is 23.6. The molecule has 1 aliphatic rings. The highest BCUT2D eigenvalue weighted by molar-refractivity contribution is 7.89. The van der Waals surface area contributed by atoms with Crippen LogP contribution in [0.15, 0.2) is 34.2 Å². The van der Waals surface area contributed by atoms with Gasteiger partial charge in [-0.05, 0) is 50.7 Å². The first-order valence-electron chi connectivity index (χ1n) is 10.5. The molecule has 0 radical (unpaired) electrons. The maximum Gasteiger partial charge on any atom is 0.240 e. The fourth-order valence-corrected chi connectivity index (χ4v) is 4.72. The summed E-state index contributed by atoms with van der Waals surface area (Å²) in [5.74, 6) is 0.728. The van der Waals surface area contributed by atoms with Gasteiger partial charge in [-0.25, -0.2) is 13.1 Å². The molecule has 7 nitrogen and oxygen atoms in total. The van der Waals surface area contributed by atoms with Crippen molar-refractivity contribution in [2.75, 3.05) is 39.9 Å². The highest BCUT2D eigenvalue weighted by Gasteiger charge is 2.33. The number of rotatable bonds is 11. The molecule has 0 unspecified atom stereocenters. The van der Waals surface area contributed by atoms with Crippen LogP contribution in [-0.2, 0) is 14.8 Å². The third kappa shape index (κ3) is 7.60. The summed E-state index contributed by atoms with van der Waals surface area (Å²) in [6, 6.07) is 6.84. The number of aliphatic imine (C=N–C) groups is 1. The average molecular weight is 425 g/mol. The highest BCUT2D eigenvalue weighted by Crippen LogP contribution is 2.41. The van der Waals surface area contributed by atoms with Crippen LogP contribution in [0.5, 0.6) is 0 Å². The van der Waals surface area contributed by atoms with Crippen LogP contribution in [0, 0.1) is 12.3 Å². The van der Waals surface area contributed by atoms with E-state index < -0.39 is 10.0 Å². The van der Waals surface area contributed by atoms with Crippen LogP contribution in [0.2, 0.25) is 0 Å². The van der Waals surface area contributed by atoms with Gasteiger partial charge in [-0.2, -0.15) is 0 Å². The first-order valence-corrected chi connectivity index (χ1v) is 12.0. The summed E-state index contributed by atoms with van der Waals surface area (Å²) in [4.78, 5) is 5.07. The van der Waals surface area contributed by atoms with E-state index >= 15 is 0 Å². The smallest absolute Gasteiger partial charge is 0.240 e. The van der Waals surface area contributed by atoms with E-state index in [0.717, 1.165) is 37.6 Å². The molecule has 0 spiro atoms. The van der Waals surface area contributed by atoms with Crippen LogP contribution in [0.25, 0.3) is 0 Å². The van der Waals surface area contributed by atoms with Crippen LogP contribution >= 0.6 is 0 Å². The molecule has 0 saturated heterocycles. The molecule has 1 aromatic rings. The fraction of sp³-hybridized carbons (Fsp3) is 0.667. The first-order chi connectivity index (χ1) is 13.9. The zero-order valence-electron chi connectivity index (χ0n) is 18.0. The summed E-state index contributed by atoms with van der Waals surface area (Å²) in [6.07, 6.45) is 5.92. The minimum absolute atomic E-state index is 0.228. The Bertz CT molecular complexity index is 742. The van der Waals surface area contributed by atoms with Crippen molar-refractivity contribution in [3.63, 3.8) is 0 Å². The fourth-order valence-electron chi connectivity index (χ4n) is 3.69. The van der Waals surface area contributed by atoms with Gasteiger partial charge in [0.05, 0.1) is 4.90 Å². The Morgan fingerprint density at radius 3 is 2.45 bits per heavy atom. The van der Waals surface area contributed by atoms with Gasteiger partial charge in [-0.1, -0.05) is 30.5 Å². The van der Waals surface area contributed by atoms with E-state index in [-0.39, 0.29) is 16.9 Å². The summed E-state index contributed by atoms with van der Waals surface area (Å²) in [7, 11) is -1.75. The van der Waals surface area contributed by atoms with Crippen molar-refractivity contribution in [3.05, 3.63) is 29.8 Å². The van der Waals surface area contributed by atoms with Crippen LogP contribution in [-0.4, -0.2) is 54.3 Å². The molecular formula is C21H36N4O3S. The molecule has 0 aromatic heterocycles. The molecule has 1 fully saturated rings. The van der Waals surface area contributed by atoms with Crippen molar-refractivity contribution in [1.29, 1.82) is 0 Å². The number of ether oxygens (including phenoxy) is 1. The summed E-state index contributed by atoms with van der Waals surface area (Å²) in [5, 5.41) is 6.48. The van der Waals surface area contributed by atoms with Crippen LogP contribution < -0.4 is 15.4 Å². The lowest BCUT2D eigenvalue weighted by Crippen LogP contribution is -2.42. The van der Waals surface area contributed by atoms with E-state index in [4.69, 9.17) is 9.73 Å². The molecular weight excluding hydrogens is 388 g/mol. The topological polar surface area (TPSA) is 91.8 Å². The van der Waals surface area contributed by atoms with Crippen molar-refractivity contribution in [1.82, 2.24) is 15.4 Å². The number of guanidine groups is 1. The Kier molecular flexibility index (Phi) is 9.39. The largest absolute Gasteiger partial charge is 0.385 e. The summed E-state index contributed by atoms with van der Waals surface area (Å²) in [6.45, 7) is 6.98. The molecule has 0 amide bonds. The Morgan fingerprint density at radius 2 is 1.83 bits per heavy atom. The maximum absolute atomic E-state index is 12.4. The number of hydrogen-bond acceptors (Lipinski definition) is 4. The van der Waals surface area contributed by atoms with Gasteiger partial charge in [-0.3, -0.25) is 4.99 Å². The Balaban J connectivity index is 1.86. The second-order valence-electron chi connectivity index (χ2n) is 7.78. The van der Waals surface area contributed by atoms with Gasteiger partial charge in [0.2, 0.25) is 10.0 Å². The van der Waals surface area contributed by atoms with E-state index in [1.165, 1.54) is 25.7 Å². The van der Waals surface area contributed by atoms with Crippen LogP contribution in [0.3, 0.4) is 0 Å². The number of methoxy groups -OCH3 is 1. The molecule has 0 heterocycles. The maximum atomic E-state index is 12.4. The van der Waals surface area contributed by atoms with E-state index in [1.54, 1.807) is 31.4 Å². The predicted molar refractivity (Wildman–Crippen MR) is 118 cm³/mol. The van der Waals surface area contributed by atoms with E-state index in [9.17, 15) is 8.42 Å². The van der Waals surface area contributed by atoms with Crippen molar-refractivity contribution in [3.8, 4) is 0 Å². The van der Waals surface area contributed by atoms with Gasteiger partial charge in [-0.15, -0.1) is 0 Å². The van der Waals surface area contributed by atoms with E-state index in [2.05, 4.69) is 15.4 Å². The second-order valence-corrected chi connectivity index (χ2v) is 9.55. The number of benzene rings is 1. The quantitative estimate of drug-likeness (QED) is 0.288. The summed E-state index contributed by atoms with van der Waals surface area (Å²) < 4.78 is 32.6. The zero-order valence-corrected chi connectivity index (χ0v) is 18.8. The molecule has 3 N–H and O–H groups in total. The lowest BCUT2D eigenvalue weighted by atomic mass is 9.83. The van der Waals surface area contributed by atoms with Gasteiger partial charge < -0.3 is 15.4 Å². The SMILES string of the molecule is CCNC(=NCC1(CCOC)CCCC1)NCCNS(=O)(=O)c1ccc(C)cc1. The monoisotopic (exact) mass is 424 g/mol. The Labute approximate surface area is 175 Å². The van der Waals surface area contributed by atoms with Crippen LogP contribution in [0.1, 0.15) is 44.6 Å². The Morgan fingerprint density at radius 1 is 1.14 bits per heavy atom. The molecule has 1 saturated carbocycles. The summed E-state index contributed by atoms with van der Waals surface area (Å²) >= 11 is 0. The van der Waals surface area contributed by atoms with Crippen molar-refractivity contribution >= 4 is 16.0 Å². The molecule has 1 aliphatic carbocycles. The highest BCUT2D eigenvalue weighted by atomic mass is 32.2. The van der Waals surface area contributed by atoms with Gasteiger partial charge in [0.25, 0.3) is 0 Å². The number of nitrogens with zero attached hydrogens (tertiary/aromatic N) is 1. The van der Waals surface area contributed by atoms with E-state index in [1.807, 2.05) is 13.8 Å². The number of hydrogen-bond donors (Lipinski definition) is 3. The average Bonchev–Trinajstić information content (AvgIpc) is 3.17. The lowest BCUT2D eigenvalue weighted by molar-refractivity contribution is 0.141. The molecule has 1 aromatic carbocycles. The third-order valence-corrected chi connectivity index (χ3v) is 6.94. The summed E-state index contributed by atoms with van der Waals surface area (Å²) in [5.41, 5.74) is 1.26. The van der Waals surface area contributed by atoms with Gasteiger partial charge in [0, 0.05) is 39.9 Å². The van der Waals surface area contributed by atoms with Gasteiger partial charge in [0.1, 0.15) is 0 Å². The standard InChI is InChI=1S/C21H36N4O3S/c1-4-22-20(24-17-21(13-16-28-3)11-5-6-12-21)23-14-15-25-29(26,27)19-9-7-18(2)8-10-19/h7-10,25H,4-6,11-17H2,1-3H3,(H2,22,23,24). The molecule has 164 valence electrons. The molecule has 0 aliphatic heterocycles. The normalized spacial score (nSPS) is 16.7. The predicted octanol–water partition coefficient (Wildman–Crippen LogP) is 2.43.